The van der Waals surface area contributed by atoms with Crippen LogP contribution in [0.5, 0.6) is 0 Å². The Morgan fingerprint density at radius 1 is 1.10 bits per heavy atom. The summed E-state index contributed by atoms with van der Waals surface area (Å²) in [6.45, 7) is 6.58. The molecular weight excluding hydrogens is 526 g/mol. The molecule has 2 heterocycles. The number of amides is 1. The number of benzene rings is 2. The van der Waals surface area contributed by atoms with E-state index >= 15 is 0 Å². The lowest BCUT2D eigenvalue weighted by Crippen LogP contribution is -2.50. The van der Waals surface area contributed by atoms with Gasteiger partial charge >= 0.3 is 0 Å². The van der Waals surface area contributed by atoms with E-state index in [0.29, 0.717) is 52.0 Å². The van der Waals surface area contributed by atoms with Crippen molar-refractivity contribution in [3.05, 3.63) is 53.6 Å². The zero-order valence-corrected chi connectivity index (χ0v) is 24.8. The fourth-order valence-corrected chi connectivity index (χ4v) is 7.59. The summed E-state index contributed by atoms with van der Waals surface area (Å²) >= 11 is 0. The van der Waals surface area contributed by atoms with Gasteiger partial charge < -0.3 is 18.9 Å². The highest BCUT2D eigenvalue weighted by atomic mass is 32.2. The molecule has 216 valence electrons. The second-order valence-corrected chi connectivity index (χ2v) is 13.0. The molecule has 1 aromatic heterocycles. The van der Waals surface area contributed by atoms with Crippen LogP contribution in [0.15, 0.2) is 47.4 Å². The number of carbonyl (C=O) groups excluding carboxylic acids is 1. The maximum Gasteiger partial charge on any atom is 0.240 e. The fourth-order valence-electron chi connectivity index (χ4n) is 6.27. The van der Waals surface area contributed by atoms with Crippen LogP contribution >= 0.6 is 0 Å². The molecule has 1 saturated carbocycles. The lowest BCUT2D eigenvalue weighted by Gasteiger charge is -2.37. The highest BCUT2D eigenvalue weighted by Crippen LogP contribution is 2.34. The van der Waals surface area contributed by atoms with E-state index in [1.54, 1.807) is 19.2 Å². The number of methoxy groups -OCH3 is 1. The molecule has 1 N–H and O–H groups in total. The summed E-state index contributed by atoms with van der Waals surface area (Å²) < 4.78 is 42.5. The second-order valence-electron chi connectivity index (χ2n) is 11.3. The molecule has 2 aromatic carbocycles. The number of ether oxygens (including phenoxy) is 2. The first kappa shape index (κ1) is 28.8. The number of aryl methyl sites for hydroxylation is 2. The van der Waals surface area contributed by atoms with Crippen LogP contribution < -0.4 is 4.72 Å². The summed E-state index contributed by atoms with van der Waals surface area (Å²) in [6, 6.07) is 13.8. The van der Waals surface area contributed by atoms with E-state index in [4.69, 9.17) is 9.47 Å². The number of morpholine rings is 1. The molecule has 5 rings (SSSR count). The number of nitrogens with one attached hydrogen (secondary N) is 1. The highest BCUT2D eigenvalue weighted by Gasteiger charge is 2.34. The predicted octanol–water partition coefficient (Wildman–Crippen LogP) is 4.43. The Hall–Kier alpha value is -2.72. The van der Waals surface area contributed by atoms with Crippen molar-refractivity contribution in [2.75, 3.05) is 33.5 Å². The minimum atomic E-state index is -3.70. The van der Waals surface area contributed by atoms with Crippen molar-refractivity contribution in [2.45, 2.75) is 62.9 Å². The van der Waals surface area contributed by atoms with Gasteiger partial charge in [0.15, 0.2) is 0 Å². The Morgan fingerprint density at radius 3 is 2.50 bits per heavy atom. The average Bonchev–Trinajstić information content (AvgIpc) is 3.21. The molecule has 1 aliphatic heterocycles. The SMILES string of the molecule is COCCc1ccc(-c2c(C)c3ccc(S(=O)(=O)N[C@H]4CC[C@H](C(=O)N5CCOC[C@@H]5C)CC4)cc3n2C)cc1. The minimum absolute atomic E-state index is 0.0449. The number of aromatic nitrogens is 1. The van der Waals surface area contributed by atoms with Crippen LogP contribution in [0, 0.1) is 12.8 Å². The van der Waals surface area contributed by atoms with Gasteiger partial charge in [0, 0.05) is 43.6 Å². The standard InChI is InChI=1S/C31H41N3O5S/c1-21-20-39-18-16-34(21)31(35)25-9-11-26(12-10-25)32-40(36,37)27-13-14-28-22(2)30(33(3)29(28)19-27)24-7-5-23(6-8-24)15-17-38-4/h5-8,13-14,19,21,25-26,32H,9-12,15-18,20H2,1-4H3/t21-,25-,26-/m0/s1. The van der Waals surface area contributed by atoms with Crippen molar-refractivity contribution in [3.63, 3.8) is 0 Å². The number of carbonyl (C=O) groups is 1. The van der Waals surface area contributed by atoms with Crippen molar-refractivity contribution in [1.82, 2.24) is 14.2 Å². The van der Waals surface area contributed by atoms with Crippen LogP contribution in [-0.4, -0.2) is 69.4 Å². The molecule has 0 bridgehead atoms. The van der Waals surface area contributed by atoms with Crippen molar-refractivity contribution in [3.8, 4) is 11.3 Å². The van der Waals surface area contributed by atoms with Crippen LogP contribution in [0.1, 0.15) is 43.7 Å². The van der Waals surface area contributed by atoms with Crippen LogP contribution in [0.25, 0.3) is 22.2 Å². The largest absolute Gasteiger partial charge is 0.384 e. The number of hydrogen-bond donors (Lipinski definition) is 1. The first-order valence-electron chi connectivity index (χ1n) is 14.3. The summed E-state index contributed by atoms with van der Waals surface area (Å²) in [6.07, 6.45) is 3.57. The van der Waals surface area contributed by atoms with Crippen LogP contribution in [-0.2, 0) is 37.8 Å². The van der Waals surface area contributed by atoms with Gasteiger partial charge in [0.25, 0.3) is 0 Å². The van der Waals surface area contributed by atoms with E-state index in [9.17, 15) is 13.2 Å². The van der Waals surface area contributed by atoms with E-state index < -0.39 is 10.0 Å². The molecule has 40 heavy (non-hydrogen) atoms. The number of nitrogens with zero attached hydrogens (tertiary/aromatic N) is 2. The molecule has 1 saturated heterocycles. The zero-order chi connectivity index (χ0) is 28.4. The zero-order valence-electron chi connectivity index (χ0n) is 24.0. The molecule has 2 fully saturated rings. The molecule has 8 nitrogen and oxygen atoms in total. The van der Waals surface area contributed by atoms with Gasteiger partial charge in [0.2, 0.25) is 15.9 Å². The molecule has 0 unspecified atom stereocenters. The molecule has 0 spiro atoms. The number of fused-ring (bicyclic) bond motifs is 1. The van der Waals surface area contributed by atoms with Crippen LogP contribution in [0.4, 0.5) is 0 Å². The Bertz CT molecular complexity index is 1460. The summed E-state index contributed by atoms with van der Waals surface area (Å²) in [5, 5.41) is 1.04. The summed E-state index contributed by atoms with van der Waals surface area (Å²) in [7, 11) is -0.0115. The van der Waals surface area contributed by atoms with Gasteiger partial charge in [-0.05, 0) is 74.8 Å². The molecule has 1 amide bonds. The predicted molar refractivity (Wildman–Crippen MR) is 157 cm³/mol. The van der Waals surface area contributed by atoms with Gasteiger partial charge in [-0.2, -0.15) is 0 Å². The third kappa shape index (κ3) is 5.84. The van der Waals surface area contributed by atoms with Gasteiger partial charge in [0.05, 0.1) is 36.5 Å². The van der Waals surface area contributed by atoms with Crippen LogP contribution in [0.2, 0.25) is 0 Å². The third-order valence-corrected chi connectivity index (χ3v) is 10.1. The second kappa shape index (κ2) is 12.0. The fraction of sp³-hybridized carbons (Fsp3) is 0.516. The van der Waals surface area contributed by atoms with E-state index in [1.165, 1.54) is 5.56 Å². The first-order valence-corrected chi connectivity index (χ1v) is 15.8. The monoisotopic (exact) mass is 567 g/mol. The molecular formula is C31H41N3O5S. The van der Waals surface area contributed by atoms with E-state index in [-0.39, 0.29) is 28.8 Å². The lowest BCUT2D eigenvalue weighted by molar-refractivity contribution is -0.144. The van der Waals surface area contributed by atoms with Crippen molar-refractivity contribution >= 4 is 26.8 Å². The summed E-state index contributed by atoms with van der Waals surface area (Å²) in [5.41, 5.74) is 5.39. The molecule has 0 radical (unpaired) electrons. The Balaban J connectivity index is 1.28. The van der Waals surface area contributed by atoms with Gasteiger partial charge in [0.1, 0.15) is 0 Å². The Labute approximate surface area is 237 Å². The van der Waals surface area contributed by atoms with Crippen LogP contribution in [0.3, 0.4) is 0 Å². The van der Waals surface area contributed by atoms with Gasteiger partial charge in [-0.1, -0.05) is 30.3 Å². The van der Waals surface area contributed by atoms with Gasteiger partial charge in [-0.15, -0.1) is 0 Å². The van der Waals surface area contributed by atoms with Crippen molar-refractivity contribution in [2.24, 2.45) is 13.0 Å². The molecule has 9 heteroatoms. The maximum atomic E-state index is 13.4. The molecule has 1 atom stereocenters. The normalized spacial score (nSPS) is 22.1. The number of rotatable bonds is 8. The third-order valence-electron chi connectivity index (χ3n) is 8.61. The van der Waals surface area contributed by atoms with Crippen molar-refractivity contribution < 1.29 is 22.7 Å². The molecule has 3 aromatic rings. The average molecular weight is 568 g/mol. The van der Waals surface area contributed by atoms with E-state index in [2.05, 4.69) is 40.5 Å². The topological polar surface area (TPSA) is 89.9 Å². The highest BCUT2D eigenvalue weighted by molar-refractivity contribution is 7.89. The van der Waals surface area contributed by atoms with E-state index in [1.807, 2.05) is 24.9 Å². The maximum absolute atomic E-state index is 13.4. The summed E-state index contributed by atoms with van der Waals surface area (Å²) in [5.74, 6) is 0.138. The number of hydrogen-bond acceptors (Lipinski definition) is 5. The Kier molecular flexibility index (Phi) is 8.66. The molecule has 2 aliphatic rings. The summed E-state index contributed by atoms with van der Waals surface area (Å²) in [4.78, 5) is 15.2. The minimum Gasteiger partial charge on any atom is -0.384 e. The Morgan fingerprint density at radius 2 is 1.82 bits per heavy atom. The number of sulfonamides is 1. The van der Waals surface area contributed by atoms with E-state index in [0.717, 1.165) is 34.1 Å². The quantitative estimate of drug-likeness (QED) is 0.435. The molecule has 1 aliphatic carbocycles. The van der Waals surface area contributed by atoms with Gasteiger partial charge in [-0.3, -0.25) is 4.79 Å². The smallest absolute Gasteiger partial charge is 0.240 e. The lowest BCUT2D eigenvalue weighted by atomic mass is 9.85. The first-order chi connectivity index (χ1) is 19.2. The van der Waals surface area contributed by atoms with Gasteiger partial charge in [-0.25, -0.2) is 13.1 Å². The van der Waals surface area contributed by atoms with Crippen molar-refractivity contribution in [1.29, 1.82) is 0 Å².